The summed E-state index contributed by atoms with van der Waals surface area (Å²) in [5, 5.41) is 0. The maximum absolute atomic E-state index is 4.91. The maximum atomic E-state index is 4.91. The molecule has 0 nitrogen and oxygen atoms in total. The summed E-state index contributed by atoms with van der Waals surface area (Å²) >= 11 is 9.82. The third-order valence-corrected chi connectivity index (χ3v) is 6.07. The van der Waals surface area contributed by atoms with Crippen molar-refractivity contribution in [1.82, 2.24) is 0 Å². The third kappa shape index (κ3) is 85.6. The molecular formula is C34H72S2Sn. The van der Waals surface area contributed by atoms with E-state index in [1.807, 2.05) is 0 Å². The average molecular weight is 664 g/mol. The van der Waals surface area contributed by atoms with Crippen LogP contribution in [-0.2, 0) is 25.3 Å². The first-order valence-electron chi connectivity index (χ1n) is 16.1. The van der Waals surface area contributed by atoms with Gasteiger partial charge in [-0.05, 0) is 11.8 Å². The Morgan fingerprint density at radius 3 is 0.649 bits per heavy atom. The molecule has 0 amide bonds. The van der Waals surface area contributed by atoms with Crippen molar-refractivity contribution in [3.8, 4) is 0 Å². The first-order valence-corrected chi connectivity index (χ1v) is 17.3. The molecule has 0 aromatic carbocycles. The van der Waals surface area contributed by atoms with Crippen LogP contribution < -0.4 is 0 Å². The first kappa shape index (κ1) is 48.2. The van der Waals surface area contributed by atoms with Crippen LogP contribution in [0, 0.1) is 25.7 Å². The Morgan fingerprint density at radius 1 is 0.378 bits per heavy atom. The molecule has 0 aliphatic carbocycles. The predicted molar refractivity (Wildman–Crippen MR) is 184 cm³/mol. The average Bonchev–Trinajstić information content (AvgIpc) is 2.81. The number of rotatable bonds is 22. The Bertz CT molecular complexity index is 249. The van der Waals surface area contributed by atoms with Crippen LogP contribution in [0.25, 0.3) is 0 Å². The SMILES string of the molecule is CCCCCCCCCCCCC[S-].CCCCCCCCCCCCC[S-].[CH2]C(C)C.[CH2]C(C)C.[Sn+2]. The maximum Gasteiger partial charge on any atom is 2.00 e. The van der Waals surface area contributed by atoms with Crippen LogP contribution in [-0.4, -0.2) is 35.4 Å². The molecule has 3 heteroatoms. The van der Waals surface area contributed by atoms with Gasteiger partial charge in [-0.3, -0.25) is 0 Å². The van der Waals surface area contributed by atoms with Gasteiger partial charge in [-0.25, -0.2) is 0 Å². The van der Waals surface area contributed by atoms with E-state index in [1.165, 1.54) is 141 Å². The van der Waals surface area contributed by atoms with Crippen molar-refractivity contribution in [2.24, 2.45) is 11.8 Å². The molecule has 0 aliphatic heterocycles. The zero-order chi connectivity index (χ0) is 28.1. The minimum Gasteiger partial charge on any atom is -0.793 e. The van der Waals surface area contributed by atoms with Gasteiger partial charge < -0.3 is 25.3 Å². The molecule has 0 atom stereocenters. The molecule has 0 rings (SSSR count). The van der Waals surface area contributed by atoms with E-state index in [-0.39, 0.29) is 23.9 Å². The Balaban J connectivity index is -0.000000140. The van der Waals surface area contributed by atoms with Gasteiger partial charge in [0.1, 0.15) is 0 Å². The Morgan fingerprint density at radius 2 is 0.514 bits per heavy atom. The fourth-order valence-corrected chi connectivity index (χ4v) is 3.94. The summed E-state index contributed by atoms with van der Waals surface area (Å²) in [5.74, 6) is 3.08. The van der Waals surface area contributed by atoms with Crippen molar-refractivity contribution in [2.75, 3.05) is 11.5 Å². The van der Waals surface area contributed by atoms with Crippen molar-refractivity contribution in [3.05, 3.63) is 13.8 Å². The van der Waals surface area contributed by atoms with E-state index < -0.39 is 0 Å². The summed E-state index contributed by atoms with van der Waals surface area (Å²) in [6.07, 6.45) is 31.0. The molecule has 0 unspecified atom stereocenters. The van der Waals surface area contributed by atoms with Gasteiger partial charge in [-0.15, -0.1) is 0 Å². The summed E-state index contributed by atoms with van der Waals surface area (Å²) in [6, 6.07) is 0. The monoisotopic (exact) mass is 664 g/mol. The smallest absolute Gasteiger partial charge is 0.793 e. The van der Waals surface area contributed by atoms with Gasteiger partial charge in [0, 0.05) is 0 Å². The molecule has 0 aliphatic rings. The van der Waals surface area contributed by atoms with Gasteiger partial charge in [0.2, 0.25) is 0 Å². The van der Waals surface area contributed by atoms with Crippen molar-refractivity contribution >= 4 is 49.2 Å². The van der Waals surface area contributed by atoms with E-state index in [0.717, 1.165) is 11.5 Å². The molecule has 0 saturated carbocycles. The molecule has 0 N–H and O–H groups in total. The number of unbranched alkanes of at least 4 members (excludes halogenated alkanes) is 20. The van der Waals surface area contributed by atoms with E-state index in [4.69, 9.17) is 25.3 Å². The van der Waals surface area contributed by atoms with E-state index in [0.29, 0.717) is 11.8 Å². The first-order chi connectivity index (χ1) is 17.3. The summed E-state index contributed by atoms with van der Waals surface area (Å²) in [6.45, 7) is 20.1. The molecule has 0 saturated heterocycles. The summed E-state index contributed by atoms with van der Waals surface area (Å²) < 4.78 is 0. The third-order valence-electron chi connectivity index (χ3n) is 5.50. The van der Waals surface area contributed by atoms with E-state index in [2.05, 4.69) is 55.4 Å². The van der Waals surface area contributed by atoms with E-state index in [1.54, 1.807) is 0 Å². The van der Waals surface area contributed by atoms with E-state index in [9.17, 15) is 0 Å². The topological polar surface area (TPSA) is 0 Å². The molecule has 0 spiro atoms. The molecule has 4 radical (unpaired) electrons. The molecule has 37 heavy (non-hydrogen) atoms. The summed E-state index contributed by atoms with van der Waals surface area (Å²) in [5.41, 5.74) is 0. The molecule has 0 heterocycles. The van der Waals surface area contributed by atoms with Crippen LogP contribution in [0.1, 0.15) is 183 Å². The largest absolute Gasteiger partial charge is 2.00 e. The molecular weight excluding hydrogens is 591 g/mol. The van der Waals surface area contributed by atoms with Crippen LogP contribution in [0.15, 0.2) is 0 Å². The Labute approximate surface area is 267 Å². The van der Waals surface area contributed by atoms with Gasteiger partial charge in [-0.2, -0.15) is 11.5 Å². The molecule has 0 fully saturated rings. The van der Waals surface area contributed by atoms with Gasteiger partial charge in [0.15, 0.2) is 0 Å². The van der Waals surface area contributed by atoms with Crippen LogP contribution in [0.4, 0.5) is 0 Å². The predicted octanol–water partition coefficient (Wildman–Crippen LogP) is 12.3. The van der Waals surface area contributed by atoms with Crippen LogP contribution in [0.3, 0.4) is 0 Å². The minimum absolute atomic E-state index is 0. The standard InChI is InChI=1S/2C13H28S.2C4H9.Sn/c2*1-2-3-4-5-6-7-8-9-10-11-12-13-14;2*1-4(2)3;/h2*14H,2-13H2,1H3;2*4H,1H2,2-3H3;/q;;;;+2/p-2. The second-order valence-electron chi connectivity index (χ2n) is 11.3. The number of hydrogen-bond donors (Lipinski definition) is 0. The summed E-state index contributed by atoms with van der Waals surface area (Å²) in [4.78, 5) is 0. The van der Waals surface area contributed by atoms with Crippen molar-refractivity contribution in [3.63, 3.8) is 0 Å². The quantitative estimate of drug-likeness (QED) is 0.0642. The fraction of sp³-hybridized carbons (Fsp3) is 0.941. The summed E-state index contributed by atoms with van der Waals surface area (Å²) in [7, 11) is 0. The van der Waals surface area contributed by atoms with Crippen LogP contribution in [0.5, 0.6) is 0 Å². The minimum atomic E-state index is 0. The zero-order valence-corrected chi connectivity index (χ0v) is 31.3. The second kappa shape index (κ2) is 50.3. The van der Waals surface area contributed by atoms with Crippen molar-refractivity contribution in [2.45, 2.75) is 183 Å². The Kier molecular flexibility index (Phi) is 65.6. The normalized spacial score (nSPS) is 10.1. The van der Waals surface area contributed by atoms with Gasteiger partial charge in [-0.1, -0.05) is 197 Å². The van der Waals surface area contributed by atoms with Crippen LogP contribution in [0.2, 0.25) is 0 Å². The van der Waals surface area contributed by atoms with E-state index >= 15 is 0 Å². The van der Waals surface area contributed by atoms with Crippen LogP contribution >= 0.6 is 0 Å². The molecule has 224 valence electrons. The molecule has 0 aromatic rings. The second-order valence-corrected chi connectivity index (χ2v) is 12.1. The molecule has 0 aromatic heterocycles. The van der Waals surface area contributed by atoms with Crippen molar-refractivity contribution in [1.29, 1.82) is 0 Å². The molecule has 0 bridgehead atoms. The van der Waals surface area contributed by atoms with Gasteiger partial charge in [0.05, 0.1) is 0 Å². The Hall–Kier alpha value is 1.50. The van der Waals surface area contributed by atoms with Gasteiger partial charge in [0.25, 0.3) is 0 Å². The zero-order valence-electron chi connectivity index (χ0n) is 26.9. The van der Waals surface area contributed by atoms with Gasteiger partial charge >= 0.3 is 23.9 Å². The fourth-order valence-electron chi connectivity index (χ4n) is 3.53. The number of hydrogen-bond acceptors (Lipinski definition) is 2. The van der Waals surface area contributed by atoms with Crippen molar-refractivity contribution < 1.29 is 0 Å².